The molecule has 0 heterocycles. The smallest absolute Gasteiger partial charge is 0.338 e. The van der Waals surface area contributed by atoms with Gasteiger partial charge in [-0.25, -0.2) is 9.18 Å². The van der Waals surface area contributed by atoms with Gasteiger partial charge in [-0.1, -0.05) is 13.8 Å². The molecule has 0 aliphatic heterocycles. The predicted octanol–water partition coefficient (Wildman–Crippen LogP) is 2.34. The van der Waals surface area contributed by atoms with Gasteiger partial charge in [-0.3, -0.25) is 0 Å². The first-order chi connectivity index (χ1) is 8.35. The van der Waals surface area contributed by atoms with Gasteiger partial charge < -0.3 is 15.5 Å². The van der Waals surface area contributed by atoms with E-state index in [4.69, 9.17) is 10.2 Å². The lowest BCUT2D eigenvalue weighted by molar-refractivity contribution is 0.0692. The van der Waals surface area contributed by atoms with Crippen LogP contribution in [0.25, 0.3) is 0 Å². The average Bonchev–Trinajstić information content (AvgIpc) is 2.26. The van der Waals surface area contributed by atoms with Gasteiger partial charge in [0.1, 0.15) is 5.82 Å². The van der Waals surface area contributed by atoms with Crippen molar-refractivity contribution in [2.45, 2.75) is 20.3 Å². The number of halogens is 1. The van der Waals surface area contributed by atoms with Crippen LogP contribution < -0.4 is 5.32 Å². The van der Waals surface area contributed by atoms with Crippen molar-refractivity contribution in [1.29, 1.82) is 0 Å². The molecule has 3 N–H and O–H groups in total. The lowest BCUT2D eigenvalue weighted by atomic mass is 9.89. The van der Waals surface area contributed by atoms with E-state index in [0.717, 1.165) is 0 Å². The zero-order chi connectivity index (χ0) is 13.8. The molecule has 0 atom stereocenters. The fraction of sp³-hybridized carbons (Fsp3) is 0.462. The molecule has 0 radical (unpaired) electrons. The lowest BCUT2D eigenvalue weighted by Gasteiger charge is -2.24. The highest BCUT2D eigenvalue weighted by Crippen LogP contribution is 2.21. The van der Waals surface area contributed by atoms with Crippen LogP contribution in [0.2, 0.25) is 0 Å². The number of carbonyl (C=O) groups is 1. The summed E-state index contributed by atoms with van der Waals surface area (Å²) in [5.74, 6) is -2.04. The van der Waals surface area contributed by atoms with Gasteiger partial charge in [-0.2, -0.15) is 0 Å². The zero-order valence-corrected chi connectivity index (χ0v) is 10.5. The third kappa shape index (κ3) is 4.00. The number of anilines is 1. The molecule has 1 rings (SSSR count). The first-order valence-corrected chi connectivity index (χ1v) is 5.73. The van der Waals surface area contributed by atoms with Gasteiger partial charge in [0.05, 0.1) is 5.56 Å². The molecule has 0 spiro atoms. The SMILES string of the molecule is CC(C)(CCO)CNc1ccc(C(=O)O)c(F)c1. The van der Waals surface area contributed by atoms with E-state index in [9.17, 15) is 9.18 Å². The van der Waals surface area contributed by atoms with Crippen LogP contribution in [-0.4, -0.2) is 29.3 Å². The quantitative estimate of drug-likeness (QED) is 0.729. The van der Waals surface area contributed by atoms with Gasteiger partial charge in [0, 0.05) is 18.8 Å². The largest absolute Gasteiger partial charge is 0.478 e. The lowest BCUT2D eigenvalue weighted by Crippen LogP contribution is -2.24. The van der Waals surface area contributed by atoms with E-state index in [1.807, 2.05) is 13.8 Å². The van der Waals surface area contributed by atoms with E-state index in [0.29, 0.717) is 18.7 Å². The Balaban J connectivity index is 2.70. The summed E-state index contributed by atoms with van der Waals surface area (Å²) in [5, 5.41) is 20.6. The molecule has 18 heavy (non-hydrogen) atoms. The van der Waals surface area contributed by atoms with Crippen molar-refractivity contribution in [2.24, 2.45) is 5.41 Å². The molecule has 0 aliphatic carbocycles. The summed E-state index contributed by atoms with van der Waals surface area (Å²) in [7, 11) is 0. The van der Waals surface area contributed by atoms with Crippen LogP contribution in [0, 0.1) is 11.2 Å². The molecular formula is C13H18FNO3. The minimum atomic E-state index is -1.28. The van der Waals surface area contributed by atoms with E-state index in [2.05, 4.69) is 5.32 Å². The minimum absolute atomic E-state index is 0.0982. The van der Waals surface area contributed by atoms with Crippen molar-refractivity contribution in [3.63, 3.8) is 0 Å². The summed E-state index contributed by atoms with van der Waals surface area (Å²) in [6, 6.07) is 3.93. The third-order valence-corrected chi connectivity index (χ3v) is 2.76. The normalized spacial score (nSPS) is 11.3. The molecule has 0 aromatic heterocycles. The van der Waals surface area contributed by atoms with Gasteiger partial charge in [0.15, 0.2) is 0 Å². The molecule has 0 aliphatic rings. The number of hydrogen-bond donors (Lipinski definition) is 3. The summed E-state index contributed by atoms with van der Waals surface area (Å²) in [6.45, 7) is 4.64. The fourth-order valence-electron chi connectivity index (χ4n) is 1.53. The molecule has 0 saturated heterocycles. The second-order valence-electron chi connectivity index (χ2n) is 4.99. The molecule has 4 nitrogen and oxygen atoms in total. The number of rotatable bonds is 6. The van der Waals surface area contributed by atoms with Crippen molar-refractivity contribution in [1.82, 2.24) is 0 Å². The molecule has 100 valence electrons. The number of nitrogens with one attached hydrogen (secondary N) is 1. The molecule has 0 fully saturated rings. The molecule has 1 aromatic rings. The Labute approximate surface area is 105 Å². The minimum Gasteiger partial charge on any atom is -0.478 e. The maximum absolute atomic E-state index is 13.4. The molecule has 0 amide bonds. The topological polar surface area (TPSA) is 69.6 Å². The summed E-state index contributed by atoms with van der Waals surface area (Å²) in [4.78, 5) is 10.6. The van der Waals surface area contributed by atoms with Crippen LogP contribution in [-0.2, 0) is 0 Å². The Morgan fingerprint density at radius 2 is 2.11 bits per heavy atom. The van der Waals surface area contributed by atoms with Crippen LogP contribution in [0.1, 0.15) is 30.6 Å². The van der Waals surface area contributed by atoms with Crippen LogP contribution in [0.4, 0.5) is 10.1 Å². The second kappa shape index (κ2) is 5.82. The number of benzene rings is 1. The summed E-state index contributed by atoms with van der Waals surface area (Å²) in [6.07, 6.45) is 0.635. The van der Waals surface area contributed by atoms with Gasteiger partial charge in [-0.15, -0.1) is 0 Å². The standard InChI is InChI=1S/C13H18FNO3/c1-13(2,5-6-16)8-15-9-3-4-10(12(17)18)11(14)7-9/h3-4,7,15-16H,5-6,8H2,1-2H3,(H,17,18). The molecular weight excluding hydrogens is 237 g/mol. The fourth-order valence-corrected chi connectivity index (χ4v) is 1.53. The first kappa shape index (κ1) is 14.4. The van der Waals surface area contributed by atoms with E-state index < -0.39 is 11.8 Å². The van der Waals surface area contributed by atoms with E-state index in [-0.39, 0.29) is 17.6 Å². The van der Waals surface area contributed by atoms with Crippen molar-refractivity contribution in [3.8, 4) is 0 Å². The maximum atomic E-state index is 13.4. The van der Waals surface area contributed by atoms with Crippen LogP contribution >= 0.6 is 0 Å². The molecule has 1 aromatic carbocycles. The maximum Gasteiger partial charge on any atom is 0.338 e. The Morgan fingerprint density at radius 3 is 2.61 bits per heavy atom. The van der Waals surface area contributed by atoms with E-state index >= 15 is 0 Å². The second-order valence-corrected chi connectivity index (χ2v) is 4.99. The Hall–Kier alpha value is -1.62. The van der Waals surface area contributed by atoms with Crippen molar-refractivity contribution < 1.29 is 19.4 Å². The number of aromatic carboxylic acids is 1. The van der Waals surface area contributed by atoms with Crippen molar-refractivity contribution in [2.75, 3.05) is 18.5 Å². The Kier molecular flexibility index (Phi) is 4.67. The molecule has 0 bridgehead atoms. The highest BCUT2D eigenvalue weighted by atomic mass is 19.1. The van der Waals surface area contributed by atoms with Crippen molar-refractivity contribution >= 4 is 11.7 Å². The number of aliphatic hydroxyl groups excluding tert-OH is 1. The predicted molar refractivity (Wildman–Crippen MR) is 67.3 cm³/mol. The molecule has 5 heteroatoms. The van der Waals surface area contributed by atoms with Crippen LogP contribution in [0.3, 0.4) is 0 Å². The molecule has 0 saturated carbocycles. The summed E-state index contributed by atoms with van der Waals surface area (Å²) < 4.78 is 13.4. The monoisotopic (exact) mass is 255 g/mol. The van der Waals surface area contributed by atoms with E-state index in [1.165, 1.54) is 18.2 Å². The number of hydrogen-bond acceptors (Lipinski definition) is 3. The van der Waals surface area contributed by atoms with Gasteiger partial charge in [0.2, 0.25) is 0 Å². The Bertz CT molecular complexity index is 432. The number of carboxylic acids is 1. The number of carboxylic acid groups (broad SMARTS) is 1. The average molecular weight is 255 g/mol. The van der Waals surface area contributed by atoms with Gasteiger partial charge >= 0.3 is 5.97 Å². The number of aliphatic hydroxyl groups is 1. The first-order valence-electron chi connectivity index (χ1n) is 5.73. The third-order valence-electron chi connectivity index (χ3n) is 2.76. The Morgan fingerprint density at radius 1 is 1.44 bits per heavy atom. The van der Waals surface area contributed by atoms with Gasteiger partial charge in [-0.05, 0) is 30.0 Å². The van der Waals surface area contributed by atoms with Crippen LogP contribution in [0.15, 0.2) is 18.2 Å². The van der Waals surface area contributed by atoms with Crippen molar-refractivity contribution in [3.05, 3.63) is 29.6 Å². The van der Waals surface area contributed by atoms with Crippen LogP contribution in [0.5, 0.6) is 0 Å². The highest BCUT2D eigenvalue weighted by Gasteiger charge is 2.17. The summed E-state index contributed by atoms with van der Waals surface area (Å²) in [5.41, 5.74) is 0.0788. The summed E-state index contributed by atoms with van der Waals surface area (Å²) >= 11 is 0. The van der Waals surface area contributed by atoms with E-state index in [1.54, 1.807) is 0 Å². The zero-order valence-electron chi connectivity index (χ0n) is 10.5. The van der Waals surface area contributed by atoms with Gasteiger partial charge in [0.25, 0.3) is 0 Å². The molecule has 0 unspecified atom stereocenters. The highest BCUT2D eigenvalue weighted by molar-refractivity contribution is 5.88.